The number of aromatic amines is 1. The fourth-order valence-corrected chi connectivity index (χ4v) is 11.6. The van der Waals surface area contributed by atoms with Gasteiger partial charge in [-0.05, 0) is 238 Å². The lowest BCUT2D eigenvalue weighted by Gasteiger charge is -2.34. The Labute approximate surface area is 754 Å². The van der Waals surface area contributed by atoms with E-state index in [1.807, 2.05) is 97.8 Å². The SMILES string of the molecule is CC(C)(C)C(C)(C)C.CC(C)(C)C1CCCO1.CC(C)(C)c1ccccn1.CC(C)(C)c1cccnc1.CC(C)(C)c1ccco1.CC(C)(C)c1cccs1.CC(C)(C)c1ccncc1.CC(C)(C)c1cnccn1.CC(C)(C)c1nc2ccccc2[nH]1.CC(C)C(C)(C)C.Cc1c(C)c(C)c(C(C)(C)C)c(C)c1C.Cc1cc(C(C)(C)C)cnc1C. The van der Waals surface area contributed by atoms with Crippen LogP contribution in [0.2, 0.25) is 0 Å². The molecular formula is C111H180N8O2S. The average molecular weight is 1690 g/mol. The summed E-state index contributed by atoms with van der Waals surface area (Å²) in [4.78, 5) is 34.1. The summed E-state index contributed by atoms with van der Waals surface area (Å²) in [6.45, 7) is 107. The van der Waals surface area contributed by atoms with Crippen LogP contribution in [0, 0.1) is 76.0 Å². The van der Waals surface area contributed by atoms with Gasteiger partial charge in [0.1, 0.15) is 11.6 Å². The van der Waals surface area contributed by atoms with Crippen molar-refractivity contribution >= 4 is 22.4 Å². The Morgan fingerprint density at radius 2 is 0.885 bits per heavy atom. The number of hydrogen-bond donors (Lipinski definition) is 1. The molecule has 1 atom stereocenters. The second-order valence-corrected chi connectivity index (χ2v) is 47.6. The summed E-state index contributed by atoms with van der Waals surface area (Å²) in [5.41, 5.74) is 23.1. The van der Waals surface area contributed by atoms with Gasteiger partial charge >= 0.3 is 0 Å². The molecule has 0 amide bonds. The molecule has 0 spiro atoms. The highest BCUT2D eigenvalue weighted by Crippen LogP contribution is 2.38. The third kappa shape index (κ3) is 44.9. The van der Waals surface area contributed by atoms with Crippen molar-refractivity contribution in [3.8, 4) is 0 Å². The molecule has 10 nitrogen and oxygen atoms in total. The number of imidazole rings is 1. The Bertz CT molecular complexity index is 4120. The molecule has 0 saturated carbocycles. The lowest BCUT2D eigenvalue weighted by molar-refractivity contribution is 0.0290. The average Bonchev–Trinajstić information content (AvgIpc) is 1.68. The van der Waals surface area contributed by atoms with Crippen LogP contribution in [-0.4, -0.2) is 52.6 Å². The van der Waals surface area contributed by atoms with Crippen LogP contribution >= 0.6 is 11.3 Å². The molecule has 1 saturated heterocycles. The number of nitrogens with zero attached hydrogens (tertiary/aromatic N) is 7. The smallest absolute Gasteiger partial charge is 0.112 e. The number of aromatic nitrogens is 8. The van der Waals surface area contributed by atoms with E-state index in [2.05, 4.69) is 419 Å². The Hall–Kier alpha value is -7.47. The highest BCUT2D eigenvalue weighted by molar-refractivity contribution is 7.10. The van der Waals surface area contributed by atoms with Crippen molar-refractivity contribution in [3.05, 3.63) is 254 Å². The number of nitrogens with one attached hydrogen (secondary N) is 1. The van der Waals surface area contributed by atoms with Crippen molar-refractivity contribution in [1.29, 1.82) is 0 Å². The molecule has 11 rings (SSSR count). The lowest BCUT2D eigenvalue weighted by Crippen LogP contribution is -2.25. The molecule has 1 N–H and O–H groups in total. The predicted octanol–water partition coefficient (Wildman–Crippen LogP) is 32.9. The maximum atomic E-state index is 5.52. The van der Waals surface area contributed by atoms with Crippen LogP contribution in [0.4, 0.5) is 0 Å². The molecule has 1 unspecified atom stereocenters. The molecule has 10 aromatic rings. The minimum Gasteiger partial charge on any atom is -0.469 e. The van der Waals surface area contributed by atoms with E-state index in [0.717, 1.165) is 52.2 Å². The van der Waals surface area contributed by atoms with Gasteiger partial charge < -0.3 is 14.1 Å². The predicted molar refractivity (Wildman–Crippen MR) is 538 cm³/mol. The third-order valence-corrected chi connectivity index (χ3v) is 23.6. The number of ether oxygens (including phenoxy) is 1. The lowest BCUT2D eigenvalue weighted by atomic mass is 9.71. The first-order valence-electron chi connectivity index (χ1n) is 44.7. The van der Waals surface area contributed by atoms with Crippen molar-refractivity contribution in [3.63, 3.8) is 0 Å². The number of pyridine rings is 4. The fraction of sp³-hybridized carbons (Fsp3) is 0.595. The van der Waals surface area contributed by atoms with Crippen LogP contribution in [0.15, 0.2) is 169 Å². The number of aryl methyl sites for hydroxylation is 2. The van der Waals surface area contributed by atoms with Gasteiger partial charge in [-0.2, -0.15) is 0 Å². The van der Waals surface area contributed by atoms with Crippen LogP contribution in [0.1, 0.15) is 386 Å². The van der Waals surface area contributed by atoms with Crippen LogP contribution in [-0.2, 0) is 53.5 Å². The summed E-state index contributed by atoms with van der Waals surface area (Å²) >= 11 is 1.83. The van der Waals surface area contributed by atoms with Gasteiger partial charge in [0, 0.05) is 100 Å². The molecule has 1 aliphatic rings. The van der Waals surface area contributed by atoms with E-state index >= 15 is 0 Å². The number of H-pyrrole nitrogens is 1. The van der Waals surface area contributed by atoms with E-state index in [9.17, 15) is 0 Å². The zero-order valence-electron chi connectivity index (χ0n) is 87.2. The molecule has 1 aliphatic heterocycles. The number of para-hydroxylation sites is 2. The van der Waals surface area contributed by atoms with Gasteiger partial charge in [0.25, 0.3) is 0 Å². The van der Waals surface area contributed by atoms with E-state index in [1.54, 1.807) is 31.1 Å². The van der Waals surface area contributed by atoms with Crippen molar-refractivity contribution < 1.29 is 9.15 Å². The van der Waals surface area contributed by atoms with Gasteiger partial charge in [-0.25, -0.2) is 4.98 Å². The van der Waals surface area contributed by atoms with Crippen LogP contribution < -0.4 is 0 Å². The molecule has 682 valence electrons. The fourth-order valence-electron chi connectivity index (χ4n) is 10.8. The minimum absolute atomic E-state index is 0.0962. The van der Waals surface area contributed by atoms with Gasteiger partial charge in [0.15, 0.2) is 0 Å². The number of rotatable bonds is 0. The van der Waals surface area contributed by atoms with E-state index in [-0.39, 0.29) is 43.3 Å². The summed E-state index contributed by atoms with van der Waals surface area (Å²) in [7, 11) is 0. The standard InChI is InChI=1S/C15H24.C11H14N2.C11H17N.3C9H13N.C8H12N2.C8H16O.C8H12O.C8H12S.C8H18.C7H16/c1-9-10(2)12(4)14(15(6,7)8)13(5)11(9)3;1-11(2,3)10-12-8-6-4-5-7-9(8)13-10;1-8-6-10(11(3,4)5)7-12-9(8)2;1-9(2,3)8-4-6-10-7-5-8;1-9(2,3)8-5-4-6-10-7-8;1-9(2,3)8-6-4-5-7-10-8;1-8(2,3)7-6-9-4-5-10-7;3*1-8(2,3)7-5-4-6-9-7;1-7(2,3)8(4,5)6;1-6(2)7(3,4)5/h1-8H3;4-7H,1-3H3,(H,12,13);6-7H,1-5H3;3*4-7H,1-3H3;4-6H,1-3H3;7H,4-6H2,1-3H3;2*4-6H,1-3H3;1-6H3;6H,1-5H3. The summed E-state index contributed by atoms with van der Waals surface area (Å²) in [5, 5.41) is 2.13. The highest BCUT2D eigenvalue weighted by atomic mass is 32.1. The number of benzene rings is 2. The van der Waals surface area contributed by atoms with Crippen molar-refractivity contribution in [2.45, 2.75) is 400 Å². The Morgan fingerprint density at radius 1 is 0.393 bits per heavy atom. The first-order chi connectivity index (χ1) is 55.1. The normalized spacial score (nSPS) is 13.3. The molecule has 8 aromatic heterocycles. The van der Waals surface area contributed by atoms with Gasteiger partial charge in [-0.3, -0.25) is 29.9 Å². The summed E-state index contributed by atoms with van der Waals surface area (Å²) in [5.74, 6) is 2.89. The van der Waals surface area contributed by atoms with Crippen molar-refractivity contribution in [2.75, 3.05) is 6.61 Å². The molecule has 2 aromatic carbocycles. The number of fused-ring (bicyclic) bond motifs is 1. The molecule has 1 fully saturated rings. The van der Waals surface area contributed by atoms with Crippen LogP contribution in [0.5, 0.6) is 0 Å². The molecule has 0 bridgehead atoms. The van der Waals surface area contributed by atoms with Crippen molar-refractivity contribution in [1.82, 2.24) is 39.9 Å². The highest BCUT2D eigenvalue weighted by Gasteiger charge is 2.30. The summed E-state index contributed by atoms with van der Waals surface area (Å²) in [6, 6.07) is 32.7. The Kier molecular flexibility index (Phi) is 45.9. The van der Waals surface area contributed by atoms with Gasteiger partial charge in [-0.1, -0.05) is 320 Å². The second-order valence-electron chi connectivity index (χ2n) is 46.6. The second kappa shape index (κ2) is 48.9. The quantitative estimate of drug-likeness (QED) is 0.158. The molecule has 122 heavy (non-hydrogen) atoms. The number of furan rings is 1. The van der Waals surface area contributed by atoms with Gasteiger partial charge in [0.2, 0.25) is 0 Å². The largest absolute Gasteiger partial charge is 0.469 e. The molecule has 9 heterocycles. The molecule has 0 aliphatic carbocycles. The molecule has 0 radical (unpaired) electrons. The first-order valence-corrected chi connectivity index (χ1v) is 45.6. The first kappa shape index (κ1) is 115. The zero-order chi connectivity index (χ0) is 95.0. The summed E-state index contributed by atoms with van der Waals surface area (Å²) < 4.78 is 10.7. The molecule has 11 heteroatoms. The summed E-state index contributed by atoms with van der Waals surface area (Å²) in [6.07, 6.45) is 21.1. The maximum Gasteiger partial charge on any atom is 0.112 e. The third-order valence-electron chi connectivity index (χ3n) is 22.3. The Balaban J connectivity index is 0.00000132. The number of hydrogen-bond acceptors (Lipinski definition) is 10. The number of thiophene rings is 1. The topological polar surface area (TPSA) is 128 Å². The van der Waals surface area contributed by atoms with Gasteiger partial charge in [0.05, 0.1) is 29.1 Å². The van der Waals surface area contributed by atoms with E-state index in [1.165, 1.54) is 73.4 Å². The van der Waals surface area contributed by atoms with E-state index < -0.39 is 0 Å². The van der Waals surface area contributed by atoms with Gasteiger partial charge in [-0.15, -0.1) is 11.3 Å². The zero-order valence-corrected chi connectivity index (χ0v) is 88.0. The maximum absolute atomic E-state index is 5.52. The monoisotopic (exact) mass is 1690 g/mol. The molecular weight excluding hydrogens is 1510 g/mol. The van der Waals surface area contributed by atoms with Crippen LogP contribution in [0.25, 0.3) is 11.0 Å². The Morgan fingerprint density at radius 3 is 1.17 bits per heavy atom. The van der Waals surface area contributed by atoms with Crippen LogP contribution in [0.3, 0.4) is 0 Å². The van der Waals surface area contributed by atoms with E-state index in [4.69, 9.17) is 9.15 Å². The van der Waals surface area contributed by atoms with E-state index in [0.29, 0.717) is 33.2 Å². The minimum atomic E-state index is 0.0962. The van der Waals surface area contributed by atoms with Crippen molar-refractivity contribution in [2.24, 2.45) is 27.6 Å².